The van der Waals surface area contributed by atoms with Gasteiger partial charge in [-0.25, -0.2) is 4.39 Å². The minimum Gasteiger partial charge on any atom is -0.329 e. The van der Waals surface area contributed by atoms with Gasteiger partial charge < -0.3 is 5.73 Å². The summed E-state index contributed by atoms with van der Waals surface area (Å²) in [4.78, 5) is 2.38. The molecule has 0 amide bonds. The molecule has 0 aromatic heterocycles. The molecular weight excluding hydrogens is 251 g/mol. The molecule has 0 saturated heterocycles. The summed E-state index contributed by atoms with van der Waals surface area (Å²) in [7, 11) is 0. The first-order valence-corrected chi connectivity index (χ1v) is 7.77. The van der Waals surface area contributed by atoms with E-state index in [1.165, 1.54) is 12.8 Å². The van der Waals surface area contributed by atoms with Crippen LogP contribution in [0.15, 0.2) is 18.2 Å². The van der Waals surface area contributed by atoms with Crippen molar-refractivity contribution in [3.05, 3.63) is 35.1 Å². The second-order valence-electron chi connectivity index (χ2n) is 5.53. The molecular formula is C17H29FN2. The number of nitrogens with zero attached hydrogens (tertiary/aromatic N) is 1. The van der Waals surface area contributed by atoms with Crippen LogP contribution in [0.25, 0.3) is 0 Å². The molecule has 1 atom stereocenters. The molecule has 1 aromatic carbocycles. The fourth-order valence-corrected chi connectivity index (χ4v) is 2.67. The molecule has 0 radical (unpaired) electrons. The van der Waals surface area contributed by atoms with Gasteiger partial charge in [0.2, 0.25) is 0 Å². The quantitative estimate of drug-likeness (QED) is 0.782. The predicted molar refractivity (Wildman–Crippen MR) is 84.3 cm³/mol. The van der Waals surface area contributed by atoms with E-state index in [1.807, 2.05) is 12.1 Å². The van der Waals surface area contributed by atoms with Crippen molar-refractivity contribution in [3.8, 4) is 0 Å². The van der Waals surface area contributed by atoms with Crippen LogP contribution in [0.2, 0.25) is 0 Å². The lowest BCUT2D eigenvalue weighted by Crippen LogP contribution is -2.37. The topological polar surface area (TPSA) is 29.3 Å². The largest absolute Gasteiger partial charge is 0.329 e. The maximum absolute atomic E-state index is 13.8. The second-order valence-corrected chi connectivity index (χ2v) is 5.53. The third kappa shape index (κ3) is 4.29. The number of hydrogen-bond acceptors (Lipinski definition) is 2. The van der Waals surface area contributed by atoms with E-state index >= 15 is 0 Å². The number of rotatable bonds is 8. The Hall–Kier alpha value is -0.930. The molecule has 0 spiro atoms. The minimum atomic E-state index is -0.139. The predicted octanol–water partition coefficient (Wildman–Crippen LogP) is 3.89. The van der Waals surface area contributed by atoms with E-state index in [0.29, 0.717) is 18.0 Å². The van der Waals surface area contributed by atoms with E-state index in [-0.39, 0.29) is 11.9 Å². The molecule has 1 rings (SSSR count). The van der Waals surface area contributed by atoms with Crippen molar-refractivity contribution in [3.63, 3.8) is 0 Å². The zero-order valence-electron chi connectivity index (χ0n) is 13.3. The van der Waals surface area contributed by atoms with Crippen LogP contribution in [0.1, 0.15) is 50.8 Å². The highest BCUT2D eigenvalue weighted by molar-refractivity contribution is 5.26. The minimum absolute atomic E-state index is 0.107. The lowest BCUT2D eigenvalue weighted by Gasteiger charge is -2.33. The van der Waals surface area contributed by atoms with Crippen molar-refractivity contribution in [1.29, 1.82) is 0 Å². The van der Waals surface area contributed by atoms with Gasteiger partial charge in [-0.2, -0.15) is 0 Å². The number of halogens is 1. The number of aryl methyl sites for hydroxylation is 1. The molecule has 0 fully saturated rings. The van der Waals surface area contributed by atoms with Crippen LogP contribution < -0.4 is 5.73 Å². The first-order valence-electron chi connectivity index (χ1n) is 7.77. The molecule has 1 unspecified atom stereocenters. The van der Waals surface area contributed by atoms with E-state index in [9.17, 15) is 4.39 Å². The Kier molecular flexibility index (Phi) is 7.17. The van der Waals surface area contributed by atoms with Crippen LogP contribution in [0.3, 0.4) is 0 Å². The van der Waals surface area contributed by atoms with Gasteiger partial charge in [0.25, 0.3) is 0 Å². The number of nitrogens with two attached hydrogens (primary N) is 1. The van der Waals surface area contributed by atoms with E-state index in [2.05, 4.69) is 25.7 Å². The van der Waals surface area contributed by atoms with Crippen molar-refractivity contribution in [2.75, 3.05) is 19.6 Å². The summed E-state index contributed by atoms with van der Waals surface area (Å²) in [6.07, 6.45) is 2.35. The Morgan fingerprint density at radius 2 is 1.85 bits per heavy atom. The molecule has 2 nitrogen and oxygen atoms in total. The first kappa shape index (κ1) is 17.1. The normalized spacial score (nSPS) is 13.2. The van der Waals surface area contributed by atoms with Crippen molar-refractivity contribution < 1.29 is 4.39 Å². The molecule has 114 valence electrons. The van der Waals surface area contributed by atoms with Gasteiger partial charge in [0.1, 0.15) is 5.82 Å². The van der Waals surface area contributed by atoms with Crippen LogP contribution in [0, 0.1) is 18.7 Å². The van der Waals surface area contributed by atoms with Crippen molar-refractivity contribution in [1.82, 2.24) is 4.90 Å². The van der Waals surface area contributed by atoms with Gasteiger partial charge in [-0.15, -0.1) is 0 Å². The first-order chi connectivity index (χ1) is 9.57. The highest BCUT2D eigenvalue weighted by atomic mass is 19.1. The van der Waals surface area contributed by atoms with Gasteiger partial charge in [-0.3, -0.25) is 4.90 Å². The zero-order valence-corrected chi connectivity index (χ0v) is 13.3. The Balaban J connectivity index is 2.93. The van der Waals surface area contributed by atoms with Crippen LogP contribution in [0.5, 0.6) is 0 Å². The molecule has 0 heterocycles. The van der Waals surface area contributed by atoms with Gasteiger partial charge >= 0.3 is 0 Å². The van der Waals surface area contributed by atoms with E-state index in [0.717, 1.165) is 18.7 Å². The van der Waals surface area contributed by atoms with Gasteiger partial charge in [0.05, 0.1) is 0 Å². The molecule has 0 aliphatic carbocycles. The van der Waals surface area contributed by atoms with Crippen LogP contribution in [-0.2, 0) is 0 Å². The van der Waals surface area contributed by atoms with Crippen LogP contribution in [0.4, 0.5) is 4.39 Å². The number of likely N-dealkylation sites (N-methyl/N-ethyl adjacent to an activating group) is 1. The summed E-state index contributed by atoms with van der Waals surface area (Å²) < 4.78 is 13.8. The summed E-state index contributed by atoms with van der Waals surface area (Å²) in [5, 5.41) is 0. The van der Waals surface area contributed by atoms with Gasteiger partial charge in [0.15, 0.2) is 0 Å². The molecule has 20 heavy (non-hydrogen) atoms. The van der Waals surface area contributed by atoms with Crippen molar-refractivity contribution in [2.24, 2.45) is 11.7 Å². The SMILES string of the molecule is CCC(CC)CN(CC)C(CN)c1ccc(C)c(F)c1. The van der Waals surface area contributed by atoms with Gasteiger partial charge in [-0.1, -0.05) is 45.7 Å². The van der Waals surface area contributed by atoms with Gasteiger partial charge in [0, 0.05) is 19.1 Å². The number of hydrogen-bond donors (Lipinski definition) is 1. The summed E-state index contributed by atoms with van der Waals surface area (Å²) in [5.74, 6) is 0.541. The summed E-state index contributed by atoms with van der Waals surface area (Å²) >= 11 is 0. The van der Waals surface area contributed by atoms with Crippen LogP contribution in [-0.4, -0.2) is 24.5 Å². The molecule has 3 heteroatoms. The van der Waals surface area contributed by atoms with Crippen molar-refractivity contribution >= 4 is 0 Å². The Morgan fingerprint density at radius 1 is 1.20 bits per heavy atom. The van der Waals surface area contributed by atoms with E-state index in [4.69, 9.17) is 5.73 Å². The summed E-state index contributed by atoms with van der Waals surface area (Å²) in [5.41, 5.74) is 7.64. The van der Waals surface area contributed by atoms with Crippen molar-refractivity contribution in [2.45, 2.75) is 46.6 Å². The number of benzene rings is 1. The average Bonchev–Trinajstić information content (AvgIpc) is 2.46. The standard InChI is InChI=1S/C17H29FN2/c1-5-14(6-2)12-20(7-3)17(11-19)15-9-8-13(4)16(18)10-15/h8-10,14,17H,5-7,11-12,19H2,1-4H3. The third-order valence-electron chi connectivity index (χ3n) is 4.30. The Bertz CT molecular complexity index is 402. The average molecular weight is 280 g/mol. The molecule has 0 saturated carbocycles. The third-order valence-corrected chi connectivity index (χ3v) is 4.30. The monoisotopic (exact) mass is 280 g/mol. The molecule has 2 N–H and O–H groups in total. The fourth-order valence-electron chi connectivity index (χ4n) is 2.67. The second kappa shape index (κ2) is 8.38. The van der Waals surface area contributed by atoms with E-state index in [1.54, 1.807) is 13.0 Å². The zero-order chi connectivity index (χ0) is 15.1. The molecule has 0 bridgehead atoms. The van der Waals surface area contributed by atoms with Gasteiger partial charge in [-0.05, 0) is 36.6 Å². The Morgan fingerprint density at radius 3 is 2.30 bits per heavy atom. The highest BCUT2D eigenvalue weighted by Crippen LogP contribution is 2.24. The lowest BCUT2D eigenvalue weighted by atomic mass is 9.98. The smallest absolute Gasteiger partial charge is 0.126 e. The summed E-state index contributed by atoms with van der Waals surface area (Å²) in [6.45, 7) is 10.9. The van der Waals surface area contributed by atoms with Crippen LogP contribution >= 0.6 is 0 Å². The fraction of sp³-hybridized carbons (Fsp3) is 0.647. The maximum Gasteiger partial charge on any atom is 0.126 e. The Labute approximate surface area is 123 Å². The van der Waals surface area contributed by atoms with E-state index < -0.39 is 0 Å². The molecule has 1 aromatic rings. The lowest BCUT2D eigenvalue weighted by molar-refractivity contribution is 0.174. The maximum atomic E-state index is 13.8. The summed E-state index contributed by atoms with van der Waals surface area (Å²) in [6, 6.07) is 5.60. The molecule has 0 aliphatic heterocycles. The molecule has 0 aliphatic rings. The highest BCUT2D eigenvalue weighted by Gasteiger charge is 2.20.